The van der Waals surface area contributed by atoms with Gasteiger partial charge < -0.3 is 16.0 Å². The zero-order chi connectivity index (χ0) is 27.0. The maximum absolute atomic E-state index is 15.0. The molecule has 1 amide bonds. The summed E-state index contributed by atoms with van der Waals surface area (Å²) in [6.07, 6.45) is 7.49. The van der Waals surface area contributed by atoms with Crippen LogP contribution < -0.4 is 21.8 Å². The summed E-state index contributed by atoms with van der Waals surface area (Å²) in [7, 11) is 2.23. The van der Waals surface area contributed by atoms with Crippen molar-refractivity contribution in [2.75, 3.05) is 33.2 Å². The predicted octanol–water partition coefficient (Wildman–Crippen LogP) is 1.57. The molecule has 7 rings (SSSR count). The molecular formula is C29H49FN7O+. The summed E-state index contributed by atoms with van der Waals surface area (Å²) in [6, 6.07) is 1.31. The molecule has 0 aromatic carbocycles. The molecule has 2 saturated carbocycles. The number of rotatable bonds is 4. The van der Waals surface area contributed by atoms with Crippen LogP contribution in [0.5, 0.6) is 0 Å². The minimum Gasteiger partial charge on any atom is -0.347 e. The molecule has 9 heteroatoms. The van der Waals surface area contributed by atoms with Gasteiger partial charge >= 0.3 is 0 Å². The van der Waals surface area contributed by atoms with Crippen LogP contribution in [0.25, 0.3) is 0 Å². The number of amides is 1. The Kier molecular flexibility index (Phi) is 6.78. The van der Waals surface area contributed by atoms with Crippen molar-refractivity contribution in [3.8, 4) is 0 Å². The Hall–Kier alpha value is -1.39. The Labute approximate surface area is 227 Å². The molecule has 5 heterocycles. The van der Waals surface area contributed by atoms with Crippen LogP contribution >= 0.6 is 0 Å². The quantitative estimate of drug-likeness (QED) is 0.413. The molecule has 4 saturated heterocycles. The summed E-state index contributed by atoms with van der Waals surface area (Å²) in [5, 5.41) is 9.68. The van der Waals surface area contributed by atoms with Crippen molar-refractivity contribution in [2.24, 2.45) is 28.9 Å². The van der Waals surface area contributed by atoms with Crippen LogP contribution in [0.1, 0.15) is 66.2 Å². The normalized spacial score (nSPS) is 47.5. The zero-order valence-corrected chi connectivity index (χ0v) is 24.0. The smallest absolute Gasteiger partial charge is 0.236 e. The van der Waals surface area contributed by atoms with Crippen molar-refractivity contribution in [2.45, 2.75) is 102 Å². The predicted molar refractivity (Wildman–Crippen MR) is 147 cm³/mol. The van der Waals surface area contributed by atoms with Gasteiger partial charge in [0.2, 0.25) is 5.91 Å². The van der Waals surface area contributed by atoms with Crippen LogP contribution in [0.3, 0.4) is 0 Å². The maximum atomic E-state index is 15.0. The molecule has 4 bridgehead atoms. The molecule has 0 spiro atoms. The van der Waals surface area contributed by atoms with Gasteiger partial charge in [-0.15, -0.1) is 0 Å². The largest absolute Gasteiger partial charge is 0.347 e. The number of halogens is 1. The number of hydrogen-bond donors (Lipinski definition) is 4. The first-order valence-corrected chi connectivity index (χ1v) is 15.1. The molecule has 0 aromatic heterocycles. The number of nitrogens with two attached hydrogens (primary N) is 1. The molecule has 8 nitrogen and oxygen atoms in total. The number of fused-ring (bicyclic) bond motifs is 7. The molecule has 10 atom stereocenters. The van der Waals surface area contributed by atoms with Gasteiger partial charge in [-0.3, -0.25) is 15.5 Å². The molecule has 5 N–H and O–H groups in total. The average Bonchev–Trinajstić information content (AvgIpc) is 3.15. The third kappa shape index (κ3) is 4.28. The molecular weight excluding hydrogens is 481 g/mol. The minimum atomic E-state index is -0.515. The lowest BCUT2D eigenvalue weighted by Gasteiger charge is -2.56. The van der Waals surface area contributed by atoms with Crippen molar-refractivity contribution in [1.82, 2.24) is 26.0 Å². The summed E-state index contributed by atoms with van der Waals surface area (Å²) in [4.78, 5) is 17.0. The van der Waals surface area contributed by atoms with E-state index in [4.69, 9.17) is 5.73 Å². The number of hydrazine groups is 1. The van der Waals surface area contributed by atoms with Gasteiger partial charge in [0.05, 0.1) is 17.7 Å². The van der Waals surface area contributed by atoms with Crippen LogP contribution in [0.2, 0.25) is 0 Å². The van der Waals surface area contributed by atoms with Crippen LogP contribution in [0.15, 0.2) is 11.9 Å². The van der Waals surface area contributed by atoms with E-state index < -0.39 is 12.1 Å². The fourth-order valence-electron chi connectivity index (χ4n) is 8.96. The zero-order valence-electron chi connectivity index (χ0n) is 24.0. The Balaban J connectivity index is 1.35. The Morgan fingerprint density at radius 2 is 2.13 bits per heavy atom. The number of carbonyl (C=O) groups is 1. The molecule has 38 heavy (non-hydrogen) atoms. The fraction of sp³-hybridized carbons (Fsp3) is 0.862. The molecule has 7 aliphatic rings. The van der Waals surface area contributed by atoms with E-state index in [0.29, 0.717) is 24.5 Å². The van der Waals surface area contributed by atoms with Crippen LogP contribution in [0.4, 0.5) is 4.39 Å². The van der Waals surface area contributed by atoms with Gasteiger partial charge in [-0.05, 0) is 58.6 Å². The Bertz CT molecular complexity index is 1030. The maximum Gasteiger partial charge on any atom is 0.236 e. The number of carbonyl (C=O) groups excluding carboxylic acids is 1. The van der Waals surface area contributed by atoms with E-state index in [9.17, 15) is 9.18 Å². The van der Waals surface area contributed by atoms with E-state index in [-0.39, 0.29) is 47.2 Å². The van der Waals surface area contributed by atoms with Crippen molar-refractivity contribution in [1.29, 1.82) is 0 Å². The molecule has 0 aromatic rings. The van der Waals surface area contributed by atoms with E-state index in [1.165, 1.54) is 6.42 Å². The number of piperidine rings is 1. The van der Waals surface area contributed by atoms with Gasteiger partial charge in [-0.1, -0.05) is 20.3 Å². The summed E-state index contributed by atoms with van der Waals surface area (Å²) >= 11 is 0. The van der Waals surface area contributed by atoms with E-state index in [2.05, 4.69) is 58.4 Å². The summed E-state index contributed by atoms with van der Waals surface area (Å²) in [5.41, 5.74) is 11.1. The number of nitrogens with one attached hydrogen (secondary N) is 3. The third-order valence-electron chi connectivity index (χ3n) is 11.2. The average molecular weight is 531 g/mol. The highest BCUT2D eigenvalue weighted by atomic mass is 19.1. The lowest BCUT2D eigenvalue weighted by Crippen LogP contribution is -2.74. The van der Waals surface area contributed by atoms with Gasteiger partial charge in [0.1, 0.15) is 12.5 Å². The number of nitrogens with zero attached hydrogens (tertiary/aromatic N) is 3. The van der Waals surface area contributed by atoms with Crippen LogP contribution in [-0.4, -0.2) is 95.2 Å². The summed E-state index contributed by atoms with van der Waals surface area (Å²) in [6.45, 7) is 11.6. The second-order valence-corrected chi connectivity index (χ2v) is 13.7. The SMILES string of the molecule is CC[N+]1=C2CC3(C)C(C=C(F)C1)C3NC(N)C2C(=O)NC12CCCC(C)C(CC1N1CCC(C)N1)N(C)C2. The molecule has 10 unspecified atom stereocenters. The molecule has 5 aliphatic heterocycles. The second kappa shape index (κ2) is 9.61. The molecule has 6 fully saturated rings. The molecule has 0 radical (unpaired) electrons. The van der Waals surface area contributed by atoms with Crippen molar-refractivity contribution >= 4 is 11.6 Å². The first-order chi connectivity index (χ1) is 18.1. The Morgan fingerprint density at radius 1 is 1.34 bits per heavy atom. The van der Waals surface area contributed by atoms with Crippen molar-refractivity contribution < 1.29 is 13.8 Å². The van der Waals surface area contributed by atoms with Crippen molar-refractivity contribution in [3.63, 3.8) is 0 Å². The second-order valence-electron chi connectivity index (χ2n) is 13.7. The van der Waals surface area contributed by atoms with Crippen molar-refractivity contribution in [3.05, 3.63) is 11.9 Å². The van der Waals surface area contributed by atoms with E-state index >= 15 is 0 Å². The lowest BCUT2D eigenvalue weighted by atomic mass is 9.70. The standard InChI is InChI=1S/C29H48FN7O/c1-6-36-15-19(30)12-20-25-28(20,4)14-22(36)24(26(31)32-25)27(38)33-29-10-7-8-17(2)21(35(5)16-29)13-23(29)37-11-9-18(3)34-37/h12,17-18,20-21,23-26,32,34H,6-11,13-16,31H2,1-5H3/p+1. The highest BCUT2D eigenvalue weighted by Gasteiger charge is 2.66. The van der Waals surface area contributed by atoms with Gasteiger partial charge in [-0.25, -0.2) is 14.0 Å². The first kappa shape index (κ1) is 26.8. The summed E-state index contributed by atoms with van der Waals surface area (Å²) < 4.78 is 17.0. The van der Waals surface area contributed by atoms with Gasteiger partial charge in [0, 0.05) is 49.0 Å². The van der Waals surface area contributed by atoms with Gasteiger partial charge in [0.25, 0.3) is 0 Å². The van der Waals surface area contributed by atoms with Crippen LogP contribution in [0, 0.1) is 23.2 Å². The Morgan fingerprint density at radius 3 is 2.84 bits per heavy atom. The number of hydrogen-bond acceptors (Lipinski definition) is 6. The highest BCUT2D eigenvalue weighted by molar-refractivity contribution is 6.04. The summed E-state index contributed by atoms with van der Waals surface area (Å²) in [5.74, 6) is 0.167. The minimum absolute atomic E-state index is 0.00239. The molecule has 2 aliphatic carbocycles. The van der Waals surface area contributed by atoms with E-state index in [1.807, 2.05) is 6.92 Å². The van der Waals surface area contributed by atoms with Crippen LogP contribution in [-0.2, 0) is 4.79 Å². The van der Waals surface area contributed by atoms with Gasteiger partial charge in [0.15, 0.2) is 18.1 Å². The van der Waals surface area contributed by atoms with E-state index in [1.54, 1.807) is 6.08 Å². The van der Waals surface area contributed by atoms with E-state index in [0.717, 1.165) is 50.9 Å². The van der Waals surface area contributed by atoms with Gasteiger partial charge in [-0.2, -0.15) is 0 Å². The molecule has 212 valence electrons. The fourth-order valence-corrected chi connectivity index (χ4v) is 8.96. The monoisotopic (exact) mass is 530 g/mol. The third-order valence-corrected chi connectivity index (χ3v) is 11.2. The number of likely N-dealkylation sites (N-methyl/N-ethyl adjacent to an activating group) is 2. The lowest BCUT2D eigenvalue weighted by molar-refractivity contribution is -0.522. The topological polar surface area (TPSA) is 88.7 Å². The highest BCUT2D eigenvalue weighted by Crippen LogP contribution is 2.58. The first-order valence-electron chi connectivity index (χ1n) is 15.1.